The van der Waals surface area contributed by atoms with Gasteiger partial charge in [-0.15, -0.1) is 0 Å². The normalized spacial score (nSPS) is 15.2. The average Bonchev–Trinajstić information content (AvgIpc) is 3.19. The molecular weight excluding hydrogens is 440 g/mol. The maximum atomic E-state index is 12.4. The van der Waals surface area contributed by atoms with Crippen LogP contribution in [0.4, 0.5) is 11.4 Å². The Balaban J connectivity index is 1.52. The van der Waals surface area contributed by atoms with Crippen LogP contribution in [0.25, 0.3) is 0 Å². The number of ether oxygens (including phenoxy) is 2. The van der Waals surface area contributed by atoms with E-state index in [1.807, 2.05) is 0 Å². The number of carbonyl (C=O) groups excluding carboxylic acids is 5. The van der Waals surface area contributed by atoms with E-state index in [2.05, 4.69) is 5.32 Å². The van der Waals surface area contributed by atoms with Crippen LogP contribution in [-0.2, 0) is 23.9 Å². The highest BCUT2D eigenvalue weighted by Gasteiger charge is 2.36. The molecule has 9 heteroatoms. The number of benzene rings is 2. The van der Waals surface area contributed by atoms with Gasteiger partial charge < -0.3 is 19.7 Å². The van der Waals surface area contributed by atoms with Gasteiger partial charge >= 0.3 is 11.9 Å². The highest BCUT2D eigenvalue weighted by Crippen LogP contribution is 2.26. The van der Waals surface area contributed by atoms with Crippen molar-refractivity contribution in [3.8, 4) is 0 Å². The minimum Gasteiger partial charge on any atom is -0.459 e. The van der Waals surface area contributed by atoms with Gasteiger partial charge in [-0.2, -0.15) is 0 Å². The first-order valence-electron chi connectivity index (χ1n) is 10.8. The molecule has 0 radical (unpaired) electrons. The number of anilines is 2. The minimum atomic E-state index is -0.716. The Labute approximate surface area is 197 Å². The van der Waals surface area contributed by atoms with Gasteiger partial charge in [0.05, 0.1) is 17.6 Å². The number of ketones is 1. The SMILES string of the molecule is CC(=O)c1cccc(NC(=O)COC(=O)[C@H]2CC(=O)N(c3ccc(C(=O)OC(C)C)cc3)C2)c1. The zero-order valence-corrected chi connectivity index (χ0v) is 19.2. The Bertz CT molecular complexity index is 1110. The zero-order valence-electron chi connectivity index (χ0n) is 19.2. The molecule has 2 amide bonds. The van der Waals surface area contributed by atoms with Gasteiger partial charge in [-0.3, -0.25) is 19.2 Å². The van der Waals surface area contributed by atoms with E-state index in [1.165, 1.54) is 17.9 Å². The van der Waals surface area contributed by atoms with E-state index in [0.717, 1.165) is 0 Å². The van der Waals surface area contributed by atoms with Crippen LogP contribution in [0, 0.1) is 5.92 Å². The number of esters is 2. The fourth-order valence-corrected chi connectivity index (χ4v) is 3.44. The summed E-state index contributed by atoms with van der Waals surface area (Å²) in [6.45, 7) is 4.52. The van der Waals surface area contributed by atoms with Crippen LogP contribution in [0.3, 0.4) is 0 Å². The van der Waals surface area contributed by atoms with Crippen molar-refractivity contribution in [2.45, 2.75) is 33.3 Å². The lowest BCUT2D eigenvalue weighted by molar-refractivity contribution is -0.151. The summed E-state index contributed by atoms with van der Waals surface area (Å²) < 4.78 is 10.2. The number of rotatable bonds is 8. The average molecular weight is 466 g/mol. The van der Waals surface area contributed by atoms with Crippen LogP contribution in [0.2, 0.25) is 0 Å². The Morgan fingerprint density at radius 1 is 1.06 bits per heavy atom. The molecule has 0 aliphatic carbocycles. The maximum Gasteiger partial charge on any atom is 0.338 e. The first-order chi connectivity index (χ1) is 16.1. The van der Waals surface area contributed by atoms with Crippen molar-refractivity contribution < 1.29 is 33.4 Å². The van der Waals surface area contributed by atoms with Crippen LogP contribution in [0.5, 0.6) is 0 Å². The van der Waals surface area contributed by atoms with Gasteiger partial charge in [0.2, 0.25) is 5.91 Å². The molecule has 2 aromatic rings. The second-order valence-corrected chi connectivity index (χ2v) is 8.20. The number of nitrogens with zero attached hydrogens (tertiary/aromatic N) is 1. The molecular formula is C25H26N2O7. The molecule has 1 heterocycles. The monoisotopic (exact) mass is 466 g/mol. The quantitative estimate of drug-likeness (QED) is 0.469. The molecule has 2 aromatic carbocycles. The van der Waals surface area contributed by atoms with Gasteiger partial charge in [0.1, 0.15) is 0 Å². The van der Waals surface area contributed by atoms with E-state index < -0.39 is 30.4 Å². The molecule has 0 aromatic heterocycles. The highest BCUT2D eigenvalue weighted by atomic mass is 16.5. The van der Waals surface area contributed by atoms with Gasteiger partial charge in [0, 0.05) is 29.9 Å². The number of carbonyl (C=O) groups is 5. The predicted molar refractivity (Wildman–Crippen MR) is 123 cm³/mol. The maximum absolute atomic E-state index is 12.4. The largest absolute Gasteiger partial charge is 0.459 e. The van der Waals surface area contributed by atoms with E-state index in [-0.39, 0.29) is 30.8 Å². The lowest BCUT2D eigenvalue weighted by Crippen LogP contribution is -2.28. The van der Waals surface area contributed by atoms with Crippen molar-refractivity contribution in [2.24, 2.45) is 5.92 Å². The fraction of sp³-hybridized carbons (Fsp3) is 0.320. The molecule has 1 fully saturated rings. The molecule has 1 N–H and O–H groups in total. The van der Waals surface area contributed by atoms with Gasteiger partial charge in [-0.05, 0) is 57.2 Å². The third-order valence-electron chi connectivity index (χ3n) is 5.11. The summed E-state index contributed by atoms with van der Waals surface area (Å²) in [7, 11) is 0. The Hall–Kier alpha value is -4.01. The van der Waals surface area contributed by atoms with Gasteiger partial charge in [0.25, 0.3) is 5.91 Å². The van der Waals surface area contributed by atoms with Crippen molar-refractivity contribution in [3.63, 3.8) is 0 Å². The molecule has 1 atom stereocenters. The fourth-order valence-electron chi connectivity index (χ4n) is 3.44. The molecule has 34 heavy (non-hydrogen) atoms. The van der Waals surface area contributed by atoms with Crippen molar-refractivity contribution in [1.82, 2.24) is 0 Å². The standard InChI is InChI=1S/C25H26N2O7/c1-15(2)34-25(32)17-7-9-21(10-8-17)27-13-19(12-23(27)30)24(31)33-14-22(29)26-20-6-4-5-18(11-20)16(3)28/h4-11,15,19H,12-14H2,1-3H3,(H,26,29)/t19-/m0/s1. The summed E-state index contributed by atoms with van der Waals surface area (Å²) in [6.07, 6.45) is -0.287. The topological polar surface area (TPSA) is 119 Å². The summed E-state index contributed by atoms with van der Waals surface area (Å²) in [5, 5.41) is 2.57. The molecule has 1 saturated heterocycles. The van der Waals surface area contributed by atoms with E-state index >= 15 is 0 Å². The van der Waals surface area contributed by atoms with Crippen LogP contribution >= 0.6 is 0 Å². The smallest absolute Gasteiger partial charge is 0.338 e. The molecule has 0 bridgehead atoms. The number of nitrogens with one attached hydrogen (secondary N) is 1. The van der Waals surface area contributed by atoms with Crippen LogP contribution < -0.4 is 10.2 Å². The van der Waals surface area contributed by atoms with Crippen LogP contribution in [-0.4, -0.2) is 48.8 Å². The summed E-state index contributed by atoms with van der Waals surface area (Å²) in [5.41, 5.74) is 1.77. The number of hydrogen-bond donors (Lipinski definition) is 1. The first-order valence-corrected chi connectivity index (χ1v) is 10.8. The zero-order chi connectivity index (χ0) is 24.8. The molecule has 9 nitrogen and oxygen atoms in total. The van der Waals surface area contributed by atoms with Crippen molar-refractivity contribution in [1.29, 1.82) is 0 Å². The number of Topliss-reactive ketones (excluding diaryl/α,β-unsaturated/α-hetero) is 1. The van der Waals surface area contributed by atoms with Crippen molar-refractivity contribution in [2.75, 3.05) is 23.4 Å². The second kappa shape index (κ2) is 10.7. The molecule has 0 spiro atoms. The molecule has 1 aliphatic rings. The summed E-state index contributed by atoms with van der Waals surface area (Å²) in [5.74, 6) is -2.78. The predicted octanol–water partition coefficient (Wildman–Crippen LogP) is 2.99. The minimum absolute atomic E-state index is 0.0434. The van der Waals surface area contributed by atoms with Gasteiger partial charge in [-0.25, -0.2) is 4.79 Å². The molecule has 3 rings (SSSR count). The van der Waals surface area contributed by atoms with Crippen LogP contribution in [0.15, 0.2) is 48.5 Å². The van der Waals surface area contributed by atoms with Crippen LogP contribution in [0.1, 0.15) is 47.9 Å². The van der Waals surface area contributed by atoms with E-state index in [9.17, 15) is 24.0 Å². The lowest BCUT2D eigenvalue weighted by atomic mass is 10.1. The van der Waals surface area contributed by atoms with Gasteiger partial charge in [-0.1, -0.05) is 12.1 Å². The molecule has 0 unspecified atom stereocenters. The molecule has 1 aliphatic heterocycles. The Morgan fingerprint density at radius 2 is 1.76 bits per heavy atom. The number of amides is 2. The Kier molecular flexibility index (Phi) is 7.78. The molecule has 0 saturated carbocycles. The van der Waals surface area contributed by atoms with E-state index in [0.29, 0.717) is 22.5 Å². The van der Waals surface area contributed by atoms with Gasteiger partial charge in [0.15, 0.2) is 12.4 Å². The van der Waals surface area contributed by atoms with E-state index in [4.69, 9.17) is 9.47 Å². The van der Waals surface area contributed by atoms with Crippen molar-refractivity contribution in [3.05, 3.63) is 59.7 Å². The number of hydrogen-bond acceptors (Lipinski definition) is 7. The lowest BCUT2D eigenvalue weighted by Gasteiger charge is -2.17. The van der Waals surface area contributed by atoms with Crippen molar-refractivity contribution >= 4 is 40.9 Å². The first kappa shape index (κ1) is 24.6. The molecule has 178 valence electrons. The van der Waals surface area contributed by atoms with E-state index in [1.54, 1.807) is 56.3 Å². The summed E-state index contributed by atoms with van der Waals surface area (Å²) in [4.78, 5) is 61.9. The summed E-state index contributed by atoms with van der Waals surface area (Å²) >= 11 is 0. The third kappa shape index (κ3) is 6.28. The Morgan fingerprint density at radius 3 is 2.41 bits per heavy atom. The second-order valence-electron chi connectivity index (χ2n) is 8.20. The summed E-state index contributed by atoms with van der Waals surface area (Å²) in [6, 6.07) is 12.8. The highest BCUT2D eigenvalue weighted by molar-refractivity contribution is 6.01. The third-order valence-corrected chi connectivity index (χ3v) is 5.11.